The zero-order chi connectivity index (χ0) is 13.2. The number of phenols is 1. The summed E-state index contributed by atoms with van der Waals surface area (Å²) in [4.78, 5) is 0. The number of aromatic hydroxyl groups is 1. The molecule has 1 aromatic carbocycles. The Balaban J connectivity index is 2.34. The molecular weight excluding hydrogens is 246 g/mol. The monoisotopic (exact) mass is 265 g/mol. The van der Waals surface area contributed by atoms with Gasteiger partial charge in [-0.3, -0.25) is 0 Å². The van der Waals surface area contributed by atoms with Crippen LogP contribution in [0.3, 0.4) is 0 Å². The summed E-state index contributed by atoms with van der Waals surface area (Å²) < 4.78 is 5.33. The van der Waals surface area contributed by atoms with Crippen molar-refractivity contribution >= 4 is 11.8 Å². The van der Waals surface area contributed by atoms with Crippen LogP contribution in [-0.4, -0.2) is 29.8 Å². The molecule has 0 saturated heterocycles. The number of nitrogens with one attached hydrogen (secondary N) is 1. The number of terminal acetylenes is 1. The Morgan fingerprint density at radius 2 is 2.33 bits per heavy atom. The second-order valence-electron chi connectivity index (χ2n) is 3.67. The standard InChI is InChI=1S/C14H19NO2S/c1-3-8-18-9-7-15-11-12-5-6-13(16)14(10-12)17-4-2/h1,5-6,10,15-16H,4,7-9,11H2,2H3. The zero-order valence-electron chi connectivity index (χ0n) is 10.6. The SMILES string of the molecule is C#CCSCCNCc1ccc(O)c(OCC)c1. The largest absolute Gasteiger partial charge is 0.504 e. The molecule has 0 heterocycles. The van der Waals surface area contributed by atoms with Crippen molar-refractivity contribution in [3.8, 4) is 23.8 Å². The van der Waals surface area contributed by atoms with E-state index in [9.17, 15) is 5.11 Å². The van der Waals surface area contributed by atoms with E-state index in [2.05, 4.69) is 11.2 Å². The summed E-state index contributed by atoms with van der Waals surface area (Å²) in [5, 5.41) is 12.9. The van der Waals surface area contributed by atoms with Gasteiger partial charge in [0.2, 0.25) is 0 Å². The van der Waals surface area contributed by atoms with Crippen LogP contribution in [0.4, 0.5) is 0 Å². The highest BCUT2D eigenvalue weighted by Crippen LogP contribution is 2.26. The number of ether oxygens (including phenoxy) is 1. The van der Waals surface area contributed by atoms with Gasteiger partial charge >= 0.3 is 0 Å². The van der Waals surface area contributed by atoms with Crippen LogP contribution in [0.1, 0.15) is 12.5 Å². The van der Waals surface area contributed by atoms with E-state index in [0.717, 1.165) is 30.2 Å². The molecule has 0 unspecified atom stereocenters. The lowest BCUT2D eigenvalue weighted by atomic mass is 10.2. The Labute approximate surface area is 113 Å². The van der Waals surface area contributed by atoms with Crippen molar-refractivity contribution in [1.82, 2.24) is 5.32 Å². The fraction of sp³-hybridized carbons (Fsp3) is 0.429. The van der Waals surface area contributed by atoms with Crippen LogP contribution in [0.25, 0.3) is 0 Å². The molecule has 2 N–H and O–H groups in total. The molecule has 0 aliphatic rings. The second kappa shape index (κ2) is 8.73. The summed E-state index contributed by atoms with van der Waals surface area (Å²) in [6, 6.07) is 5.41. The summed E-state index contributed by atoms with van der Waals surface area (Å²) in [6.45, 7) is 4.12. The lowest BCUT2D eigenvalue weighted by molar-refractivity contribution is 0.317. The summed E-state index contributed by atoms with van der Waals surface area (Å²) in [6.07, 6.45) is 5.16. The molecule has 0 fully saturated rings. The Morgan fingerprint density at radius 1 is 1.50 bits per heavy atom. The molecule has 1 aromatic rings. The van der Waals surface area contributed by atoms with Crippen molar-refractivity contribution in [2.75, 3.05) is 24.7 Å². The van der Waals surface area contributed by atoms with Gasteiger partial charge in [-0.25, -0.2) is 0 Å². The van der Waals surface area contributed by atoms with E-state index in [1.54, 1.807) is 17.8 Å². The predicted molar refractivity (Wildman–Crippen MR) is 77.1 cm³/mol. The number of benzene rings is 1. The van der Waals surface area contributed by atoms with Gasteiger partial charge in [-0.1, -0.05) is 12.0 Å². The molecule has 0 amide bonds. The molecule has 18 heavy (non-hydrogen) atoms. The van der Waals surface area contributed by atoms with Gasteiger partial charge in [0.05, 0.1) is 12.4 Å². The van der Waals surface area contributed by atoms with Crippen molar-refractivity contribution in [3.63, 3.8) is 0 Å². The average Bonchev–Trinajstić information content (AvgIpc) is 2.37. The molecule has 0 atom stereocenters. The first-order chi connectivity index (χ1) is 8.77. The minimum Gasteiger partial charge on any atom is -0.504 e. The topological polar surface area (TPSA) is 41.5 Å². The number of thioether (sulfide) groups is 1. The van der Waals surface area contributed by atoms with Gasteiger partial charge in [0.25, 0.3) is 0 Å². The van der Waals surface area contributed by atoms with Gasteiger partial charge in [-0.2, -0.15) is 0 Å². The average molecular weight is 265 g/mol. The van der Waals surface area contributed by atoms with Crippen LogP contribution in [0.15, 0.2) is 18.2 Å². The van der Waals surface area contributed by atoms with Crippen LogP contribution in [0.5, 0.6) is 11.5 Å². The number of hydrogen-bond donors (Lipinski definition) is 2. The number of rotatable bonds is 8. The summed E-state index contributed by atoms with van der Waals surface area (Å²) in [5.41, 5.74) is 1.10. The third-order valence-corrected chi connectivity index (χ3v) is 3.13. The van der Waals surface area contributed by atoms with Crippen LogP contribution in [0, 0.1) is 12.3 Å². The maximum absolute atomic E-state index is 9.57. The molecule has 0 aliphatic carbocycles. The summed E-state index contributed by atoms with van der Waals surface area (Å²) >= 11 is 1.74. The summed E-state index contributed by atoms with van der Waals surface area (Å²) in [7, 11) is 0. The van der Waals surface area contributed by atoms with E-state index in [0.29, 0.717) is 12.4 Å². The highest BCUT2D eigenvalue weighted by atomic mass is 32.2. The fourth-order valence-electron chi connectivity index (χ4n) is 1.45. The van der Waals surface area contributed by atoms with Gasteiger partial charge in [0.1, 0.15) is 0 Å². The van der Waals surface area contributed by atoms with Crippen molar-refractivity contribution in [1.29, 1.82) is 0 Å². The van der Waals surface area contributed by atoms with E-state index in [1.807, 2.05) is 19.1 Å². The van der Waals surface area contributed by atoms with Crippen molar-refractivity contribution in [2.24, 2.45) is 0 Å². The lowest BCUT2D eigenvalue weighted by Crippen LogP contribution is -2.16. The first kappa shape index (κ1) is 14.7. The summed E-state index contributed by atoms with van der Waals surface area (Å²) in [5.74, 6) is 5.08. The van der Waals surface area contributed by atoms with E-state index in [-0.39, 0.29) is 5.75 Å². The predicted octanol–water partition coefficient (Wildman–Crippen LogP) is 2.25. The smallest absolute Gasteiger partial charge is 0.161 e. The van der Waals surface area contributed by atoms with Crippen molar-refractivity contribution in [2.45, 2.75) is 13.5 Å². The van der Waals surface area contributed by atoms with Gasteiger partial charge in [0.15, 0.2) is 11.5 Å². The minimum atomic E-state index is 0.185. The molecule has 0 aromatic heterocycles. The first-order valence-corrected chi connectivity index (χ1v) is 7.10. The molecular formula is C14H19NO2S. The van der Waals surface area contributed by atoms with Gasteiger partial charge < -0.3 is 15.2 Å². The quantitative estimate of drug-likeness (QED) is 0.559. The minimum absolute atomic E-state index is 0.185. The molecule has 98 valence electrons. The van der Waals surface area contributed by atoms with Crippen molar-refractivity contribution in [3.05, 3.63) is 23.8 Å². The highest BCUT2D eigenvalue weighted by Gasteiger charge is 2.02. The normalized spacial score (nSPS) is 10.0. The maximum atomic E-state index is 9.57. The lowest BCUT2D eigenvalue weighted by Gasteiger charge is -2.09. The molecule has 1 rings (SSSR count). The third-order valence-electron chi connectivity index (χ3n) is 2.26. The molecule has 0 saturated carbocycles. The molecule has 4 heteroatoms. The van der Waals surface area contributed by atoms with Crippen LogP contribution < -0.4 is 10.1 Å². The second-order valence-corrected chi connectivity index (χ2v) is 4.77. The van der Waals surface area contributed by atoms with Crippen LogP contribution in [0.2, 0.25) is 0 Å². The van der Waals surface area contributed by atoms with Gasteiger partial charge in [-0.05, 0) is 24.6 Å². The Morgan fingerprint density at radius 3 is 3.06 bits per heavy atom. The zero-order valence-corrected chi connectivity index (χ0v) is 11.4. The Hall–Kier alpha value is -1.31. The van der Waals surface area contributed by atoms with E-state index < -0.39 is 0 Å². The molecule has 0 spiro atoms. The maximum Gasteiger partial charge on any atom is 0.161 e. The van der Waals surface area contributed by atoms with Gasteiger partial charge in [0, 0.05) is 18.8 Å². The first-order valence-electron chi connectivity index (χ1n) is 5.94. The molecule has 0 radical (unpaired) electrons. The van der Waals surface area contributed by atoms with Crippen molar-refractivity contribution < 1.29 is 9.84 Å². The molecule has 3 nitrogen and oxygen atoms in total. The van der Waals surface area contributed by atoms with E-state index in [4.69, 9.17) is 11.2 Å². The van der Waals surface area contributed by atoms with E-state index in [1.165, 1.54) is 0 Å². The molecule has 0 aliphatic heterocycles. The number of hydrogen-bond acceptors (Lipinski definition) is 4. The van der Waals surface area contributed by atoms with Crippen LogP contribution >= 0.6 is 11.8 Å². The Kier molecular flexibility index (Phi) is 7.16. The molecule has 0 bridgehead atoms. The number of phenolic OH excluding ortho intramolecular Hbond substituents is 1. The third kappa shape index (κ3) is 5.35. The fourth-order valence-corrected chi connectivity index (χ4v) is 2.00. The van der Waals surface area contributed by atoms with Crippen LogP contribution in [-0.2, 0) is 6.54 Å². The Bertz CT molecular complexity index is 401. The van der Waals surface area contributed by atoms with E-state index >= 15 is 0 Å². The highest BCUT2D eigenvalue weighted by molar-refractivity contribution is 7.99. The van der Waals surface area contributed by atoms with Gasteiger partial charge in [-0.15, -0.1) is 18.2 Å².